The van der Waals surface area contributed by atoms with E-state index in [1.807, 2.05) is 18.7 Å². The van der Waals surface area contributed by atoms with Crippen molar-refractivity contribution in [3.63, 3.8) is 0 Å². The second-order valence-electron chi connectivity index (χ2n) is 8.43. The fourth-order valence-corrected chi connectivity index (χ4v) is 4.96. The first-order valence-corrected chi connectivity index (χ1v) is 12.4. The predicted octanol–water partition coefficient (Wildman–Crippen LogP) is 6.44. The molecule has 1 amide bonds. The lowest BCUT2D eigenvalue weighted by molar-refractivity contribution is -0.117. The Morgan fingerprint density at radius 2 is 1.97 bits per heavy atom. The number of anilines is 1. The largest absolute Gasteiger partial charge is 0.373 e. The maximum Gasteiger partial charge on any atom is 0.237 e. The zero-order chi connectivity index (χ0) is 27.5. The lowest BCUT2D eigenvalue weighted by Gasteiger charge is -2.35. The van der Waals surface area contributed by atoms with Crippen molar-refractivity contribution in [1.82, 2.24) is 9.80 Å². The molecule has 2 aromatic carbocycles. The van der Waals surface area contributed by atoms with Gasteiger partial charge in [0.25, 0.3) is 0 Å². The summed E-state index contributed by atoms with van der Waals surface area (Å²) < 4.78 is 30.3. The third-order valence-electron chi connectivity index (χ3n) is 6.19. The van der Waals surface area contributed by atoms with Gasteiger partial charge in [0.05, 0.1) is 21.9 Å². The van der Waals surface area contributed by atoms with Crippen LogP contribution in [0.25, 0.3) is 5.70 Å². The standard InChI is InChI=1S/C25H23Cl2F2N5O.C2H6/c1-4-14(2)33-8-7-25(12-33,22-19(28)6-5-18(26)23(22)27)32-16-9-17-15(3)34(11-21(30)35)13-31-24(17)20(29)10-16;1-2/h4-6,9-10,13,32H,1-3,7-8,11-12H2,(H2,30,35);1-2H3. The van der Waals surface area contributed by atoms with Crippen LogP contribution in [0.5, 0.6) is 0 Å². The van der Waals surface area contributed by atoms with Crippen LogP contribution in [0.3, 0.4) is 0 Å². The lowest BCUT2D eigenvalue weighted by atomic mass is 9.87. The number of nitrogens with one attached hydrogen (secondary N) is 1. The summed E-state index contributed by atoms with van der Waals surface area (Å²) in [4.78, 5) is 18.9. The van der Waals surface area contributed by atoms with Crippen LogP contribution < -0.4 is 11.1 Å². The fraction of sp³-hybridized carbons (Fsp3) is 0.259. The molecule has 1 atom stereocenters. The van der Waals surface area contributed by atoms with Gasteiger partial charge < -0.3 is 20.9 Å². The maximum absolute atomic E-state index is 15.2. The molecule has 3 N–H and O–H groups in total. The first-order chi connectivity index (χ1) is 17.6. The van der Waals surface area contributed by atoms with Crippen molar-refractivity contribution in [1.29, 1.82) is 0 Å². The Morgan fingerprint density at radius 3 is 2.62 bits per heavy atom. The smallest absolute Gasteiger partial charge is 0.237 e. The summed E-state index contributed by atoms with van der Waals surface area (Å²) in [5, 5.41) is 3.59. The molecule has 37 heavy (non-hydrogen) atoms. The summed E-state index contributed by atoms with van der Waals surface area (Å²) in [6.45, 7) is 16.4. The number of rotatable bonds is 7. The van der Waals surface area contributed by atoms with E-state index in [1.54, 1.807) is 12.1 Å². The molecule has 2 aliphatic heterocycles. The minimum atomic E-state index is -1.06. The molecular weight excluding hydrogens is 519 g/mol. The first-order valence-electron chi connectivity index (χ1n) is 11.7. The SMILES string of the molecule is C=CC(=C)N1CCC(Nc2cc(F)c3c(c2)C(=C)N(CC(N)=O)C=N3)(c2c(F)ccc(Cl)c2Cl)C1.CC. The highest BCUT2D eigenvalue weighted by atomic mass is 35.5. The van der Waals surface area contributed by atoms with Crippen LogP contribution in [0.15, 0.2) is 60.8 Å². The summed E-state index contributed by atoms with van der Waals surface area (Å²) >= 11 is 12.7. The van der Waals surface area contributed by atoms with Crippen molar-refractivity contribution >= 4 is 52.5 Å². The number of aliphatic imine (C=N–C) groups is 1. The van der Waals surface area contributed by atoms with Gasteiger partial charge in [0.15, 0.2) is 5.82 Å². The molecule has 1 unspecified atom stereocenters. The van der Waals surface area contributed by atoms with Gasteiger partial charge >= 0.3 is 0 Å². The number of nitrogens with two attached hydrogens (primary N) is 1. The van der Waals surface area contributed by atoms with E-state index in [0.29, 0.717) is 35.6 Å². The van der Waals surface area contributed by atoms with Crippen molar-refractivity contribution in [3.8, 4) is 0 Å². The molecule has 10 heteroatoms. The van der Waals surface area contributed by atoms with Crippen LogP contribution in [0.2, 0.25) is 10.0 Å². The van der Waals surface area contributed by atoms with Crippen molar-refractivity contribution in [2.24, 2.45) is 10.7 Å². The lowest BCUT2D eigenvalue weighted by Crippen LogP contribution is -2.39. The van der Waals surface area contributed by atoms with Gasteiger partial charge in [-0.15, -0.1) is 0 Å². The van der Waals surface area contributed by atoms with E-state index in [1.165, 1.54) is 29.4 Å². The molecule has 0 saturated carbocycles. The van der Waals surface area contributed by atoms with Crippen LogP contribution in [-0.4, -0.2) is 41.7 Å². The molecule has 196 valence electrons. The Morgan fingerprint density at radius 1 is 1.27 bits per heavy atom. The van der Waals surface area contributed by atoms with E-state index in [-0.39, 0.29) is 34.4 Å². The van der Waals surface area contributed by atoms with Crippen LogP contribution in [0.4, 0.5) is 20.2 Å². The molecule has 0 spiro atoms. The van der Waals surface area contributed by atoms with E-state index >= 15 is 8.78 Å². The van der Waals surface area contributed by atoms with Crippen LogP contribution >= 0.6 is 23.2 Å². The predicted molar refractivity (Wildman–Crippen MR) is 148 cm³/mol. The number of fused-ring (bicyclic) bond motifs is 1. The minimum Gasteiger partial charge on any atom is -0.373 e. The second kappa shape index (κ2) is 11.4. The molecule has 1 saturated heterocycles. The number of hydrogen-bond donors (Lipinski definition) is 2. The fourth-order valence-electron chi connectivity index (χ4n) is 4.47. The zero-order valence-corrected chi connectivity index (χ0v) is 22.3. The average Bonchev–Trinajstić information content (AvgIpc) is 3.28. The van der Waals surface area contributed by atoms with E-state index in [4.69, 9.17) is 28.9 Å². The number of amides is 1. The molecule has 0 radical (unpaired) electrons. The summed E-state index contributed by atoms with van der Waals surface area (Å²) in [6, 6.07) is 5.56. The topological polar surface area (TPSA) is 74.0 Å². The van der Waals surface area contributed by atoms with E-state index in [9.17, 15) is 4.79 Å². The highest BCUT2D eigenvalue weighted by Gasteiger charge is 2.44. The molecule has 0 aliphatic carbocycles. The van der Waals surface area contributed by atoms with Gasteiger partial charge in [-0.3, -0.25) is 4.79 Å². The molecule has 2 heterocycles. The molecular formula is C27H29Cl2F2N5O. The molecule has 2 aliphatic rings. The van der Waals surface area contributed by atoms with Gasteiger partial charge in [0.1, 0.15) is 18.0 Å². The summed E-state index contributed by atoms with van der Waals surface area (Å²) in [6.07, 6.45) is 3.34. The van der Waals surface area contributed by atoms with Gasteiger partial charge in [-0.1, -0.05) is 56.8 Å². The Kier molecular flexibility index (Phi) is 8.66. The molecule has 6 nitrogen and oxygen atoms in total. The molecule has 0 bridgehead atoms. The van der Waals surface area contributed by atoms with E-state index in [0.717, 1.165) is 0 Å². The molecule has 1 fully saturated rings. The van der Waals surface area contributed by atoms with Crippen LogP contribution in [0.1, 0.15) is 31.4 Å². The molecule has 4 rings (SSSR count). The van der Waals surface area contributed by atoms with Crippen molar-refractivity contribution in [3.05, 3.63) is 88.6 Å². The van der Waals surface area contributed by atoms with Gasteiger partial charge in [-0.25, -0.2) is 13.8 Å². The van der Waals surface area contributed by atoms with Crippen LogP contribution in [-0.2, 0) is 10.3 Å². The number of allylic oxidation sites excluding steroid dienone is 1. The van der Waals surface area contributed by atoms with Gasteiger partial charge in [0, 0.05) is 41.3 Å². The number of nitrogens with zero attached hydrogens (tertiary/aromatic N) is 3. The Hall–Kier alpha value is -3.36. The Bertz CT molecular complexity index is 1300. The number of primary amides is 1. The van der Waals surface area contributed by atoms with Crippen molar-refractivity contribution in [2.75, 3.05) is 25.0 Å². The van der Waals surface area contributed by atoms with Gasteiger partial charge in [-0.2, -0.15) is 0 Å². The average molecular weight is 548 g/mol. The van der Waals surface area contributed by atoms with Gasteiger partial charge in [0.2, 0.25) is 5.91 Å². The highest BCUT2D eigenvalue weighted by molar-refractivity contribution is 6.42. The normalized spacial score (nSPS) is 18.2. The van der Waals surface area contributed by atoms with E-state index in [2.05, 4.69) is 30.0 Å². The Balaban J connectivity index is 0.00000186. The van der Waals surface area contributed by atoms with Crippen molar-refractivity contribution < 1.29 is 13.6 Å². The number of likely N-dealkylation sites (tertiary alicyclic amines) is 1. The number of benzene rings is 2. The summed E-state index contributed by atoms with van der Waals surface area (Å²) in [5.74, 6) is -1.74. The maximum atomic E-state index is 15.2. The highest BCUT2D eigenvalue weighted by Crippen LogP contribution is 2.45. The molecule has 2 aromatic rings. The van der Waals surface area contributed by atoms with Crippen LogP contribution in [0, 0.1) is 11.6 Å². The quantitative estimate of drug-likeness (QED) is 0.309. The van der Waals surface area contributed by atoms with Gasteiger partial charge in [-0.05, 0) is 36.8 Å². The first kappa shape index (κ1) is 28.2. The Labute approximate surface area is 225 Å². The zero-order valence-electron chi connectivity index (χ0n) is 20.8. The number of carbonyl (C=O) groups is 1. The van der Waals surface area contributed by atoms with Crippen molar-refractivity contribution in [2.45, 2.75) is 25.8 Å². The molecule has 0 aromatic heterocycles. The third kappa shape index (κ3) is 5.50. The summed E-state index contributed by atoms with van der Waals surface area (Å²) in [7, 11) is 0. The monoisotopic (exact) mass is 547 g/mol. The van der Waals surface area contributed by atoms with E-state index < -0.39 is 23.1 Å². The summed E-state index contributed by atoms with van der Waals surface area (Å²) in [5.41, 5.74) is 6.22. The minimum absolute atomic E-state index is 0.0744. The number of carbonyl (C=O) groups excluding carboxylic acids is 1. The third-order valence-corrected chi connectivity index (χ3v) is 6.99. The second-order valence-corrected chi connectivity index (χ2v) is 9.22. The number of halogens is 4. The number of hydrogen-bond acceptors (Lipinski definition) is 5.